The topological polar surface area (TPSA) is 29.3 Å². The monoisotopic (exact) mass is 286 g/mol. The molecule has 98 valence electrons. The van der Waals surface area contributed by atoms with E-state index in [1.165, 1.54) is 18.9 Å². The molecule has 1 aromatic carbocycles. The SMILES string of the molecule is NC(=S)CCN(Cc1ccc(F)c(Cl)c1)C1CC1. The lowest BCUT2D eigenvalue weighted by Gasteiger charge is -2.21. The highest BCUT2D eigenvalue weighted by Gasteiger charge is 2.28. The van der Waals surface area contributed by atoms with Gasteiger partial charge in [-0.25, -0.2) is 4.39 Å². The molecule has 2 rings (SSSR count). The van der Waals surface area contributed by atoms with Crippen LogP contribution in [0.25, 0.3) is 0 Å². The molecule has 1 fully saturated rings. The van der Waals surface area contributed by atoms with Crippen LogP contribution in [-0.4, -0.2) is 22.5 Å². The third kappa shape index (κ3) is 3.90. The molecule has 18 heavy (non-hydrogen) atoms. The molecule has 1 aliphatic rings. The number of hydrogen-bond acceptors (Lipinski definition) is 2. The zero-order valence-electron chi connectivity index (χ0n) is 10.0. The van der Waals surface area contributed by atoms with E-state index in [2.05, 4.69) is 4.90 Å². The van der Waals surface area contributed by atoms with Crippen LogP contribution in [0.4, 0.5) is 4.39 Å². The Kier molecular flexibility index (Phi) is 4.54. The fraction of sp³-hybridized carbons (Fsp3) is 0.462. The maximum atomic E-state index is 13.1. The molecule has 0 unspecified atom stereocenters. The Labute approximate surface area is 117 Å². The molecule has 2 nitrogen and oxygen atoms in total. The summed E-state index contributed by atoms with van der Waals surface area (Å²) >= 11 is 10.7. The normalized spacial score (nSPS) is 15.1. The van der Waals surface area contributed by atoms with Gasteiger partial charge in [-0.05, 0) is 30.5 Å². The van der Waals surface area contributed by atoms with Gasteiger partial charge in [-0.2, -0.15) is 0 Å². The molecule has 1 aromatic rings. The molecule has 0 spiro atoms. The highest BCUT2D eigenvalue weighted by atomic mass is 35.5. The molecule has 0 atom stereocenters. The first kappa shape index (κ1) is 13.7. The maximum absolute atomic E-state index is 13.1. The Bertz CT molecular complexity index is 449. The first-order chi connectivity index (χ1) is 8.56. The maximum Gasteiger partial charge on any atom is 0.141 e. The van der Waals surface area contributed by atoms with Gasteiger partial charge in [-0.3, -0.25) is 4.90 Å². The van der Waals surface area contributed by atoms with Gasteiger partial charge in [0.25, 0.3) is 0 Å². The summed E-state index contributed by atoms with van der Waals surface area (Å²) < 4.78 is 13.1. The number of thiocarbonyl (C=S) groups is 1. The van der Waals surface area contributed by atoms with Gasteiger partial charge in [-0.1, -0.05) is 29.9 Å². The van der Waals surface area contributed by atoms with E-state index in [9.17, 15) is 4.39 Å². The second-order valence-electron chi connectivity index (χ2n) is 4.67. The van der Waals surface area contributed by atoms with Gasteiger partial charge in [0.2, 0.25) is 0 Å². The van der Waals surface area contributed by atoms with Crippen molar-refractivity contribution < 1.29 is 4.39 Å². The van der Waals surface area contributed by atoms with Gasteiger partial charge in [0.1, 0.15) is 5.82 Å². The van der Waals surface area contributed by atoms with Crippen molar-refractivity contribution in [2.75, 3.05) is 6.54 Å². The fourth-order valence-electron chi connectivity index (χ4n) is 1.96. The quantitative estimate of drug-likeness (QED) is 0.815. The van der Waals surface area contributed by atoms with Crippen LogP contribution in [-0.2, 0) is 6.54 Å². The molecule has 1 aliphatic carbocycles. The van der Waals surface area contributed by atoms with Gasteiger partial charge in [-0.15, -0.1) is 0 Å². The Morgan fingerprint density at radius 3 is 2.78 bits per heavy atom. The van der Waals surface area contributed by atoms with E-state index in [0.717, 1.165) is 25.1 Å². The molecule has 0 amide bonds. The molecular formula is C13H16ClFN2S. The standard InChI is InChI=1S/C13H16ClFN2S/c14-11-7-9(1-4-12(11)15)8-17(10-2-3-10)6-5-13(16)18/h1,4,7,10H,2-3,5-6,8H2,(H2,16,18). The number of hydrogen-bond donors (Lipinski definition) is 1. The van der Waals surface area contributed by atoms with Crippen molar-refractivity contribution in [2.24, 2.45) is 5.73 Å². The highest BCUT2D eigenvalue weighted by molar-refractivity contribution is 7.80. The summed E-state index contributed by atoms with van der Waals surface area (Å²) in [5.41, 5.74) is 6.56. The van der Waals surface area contributed by atoms with Crippen molar-refractivity contribution in [1.82, 2.24) is 4.90 Å². The Hall–Kier alpha value is -0.710. The lowest BCUT2D eigenvalue weighted by atomic mass is 10.2. The molecule has 0 bridgehead atoms. The summed E-state index contributed by atoms with van der Waals surface area (Å²) in [7, 11) is 0. The molecule has 0 radical (unpaired) electrons. The van der Waals surface area contributed by atoms with E-state index >= 15 is 0 Å². The summed E-state index contributed by atoms with van der Waals surface area (Å²) in [4.78, 5) is 2.88. The smallest absolute Gasteiger partial charge is 0.141 e. The zero-order chi connectivity index (χ0) is 13.1. The predicted octanol–water partition coefficient (Wildman–Crippen LogP) is 3.12. The van der Waals surface area contributed by atoms with Crippen molar-refractivity contribution in [2.45, 2.75) is 31.8 Å². The van der Waals surface area contributed by atoms with E-state index in [1.54, 1.807) is 12.1 Å². The Balaban J connectivity index is 1.99. The number of benzene rings is 1. The van der Waals surface area contributed by atoms with Crippen LogP contribution in [0.1, 0.15) is 24.8 Å². The van der Waals surface area contributed by atoms with Gasteiger partial charge in [0.05, 0.1) is 10.0 Å². The lowest BCUT2D eigenvalue weighted by molar-refractivity contribution is 0.262. The molecule has 0 aromatic heterocycles. The summed E-state index contributed by atoms with van der Waals surface area (Å²) in [5, 5.41) is 0.178. The van der Waals surface area contributed by atoms with Crippen LogP contribution >= 0.6 is 23.8 Å². The number of nitrogens with two attached hydrogens (primary N) is 1. The molecule has 0 aliphatic heterocycles. The zero-order valence-corrected chi connectivity index (χ0v) is 11.6. The third-order valence-corrected chi connectivity index (χ3v) is 3.57. The summed E-state index contributed by atoms with van der Waals surface area (Å²) in [6.07, 6.45) is 3.15. The summed E-state index contributed by atoms with van der Waals surface area (Å²) in [5.74, 6) is -0.374. The van der Waals surface area contributed by atoms with Gasteiger partial charge in [0, 0.05) is 25.6 Å². The number of nitrogens with zero attached hydrogens (tertiary/aromatic N) is 1. The van der Waals surface area contributed by atoms with E-state index in [4.69, 9.17) is 29.6 Å². The average molecular weight is 287 g/mol. The van der Waals surface area contributed by atoms with Crippen LogP contribution in [0.5, 0.6) is 0 Å². The minimum absolute atomic E-state index is 0.178. The molecule has 0 saturated heterocycles. The molecule has 0 heterocycles. The molecular weight excluding hydrogens is 271 g/mol. The Morgan fingerprint density at radius 1 is 1.50 bits per heavy atom. The fourth-order valence-corrected chi connectivity index (χ4v) is 2.25. The van der Waals surface area contributed by atoms with E-state index in [0.29, 0.717) is 11.0 Å². The summed E-state index contributed by atoms with van der Waals surface area (Å²) in [6, 6.07) is 5.49. The lowest BCUT2D eigenvalue weighted by Crippen LogP contribution is -2.29. The largest absolute Gasteiger partial charge is 0.393 e. The van der Waals surface area contributed by atoms with E-state index in [-0.39, 0.29) is 10.8 Å². The summed E-state index contributed by atoms with van der Waals surface area (Å²) in [6.45, 7) is 1.63. The van der Waals surface area contributed by atoms with E-state index < -0.39 is 0 Å². The third-order valence-electron chi connectivity index (χ3n) is 3.08. The number of rotatable bonds is 6. The van der Waals surface area contributed by atoms with E-state index in [1.807, 2.05) is 0 Å². The molecule has 2 N–H and O–H groups in total. The van der Waals surface area contributed by atoms with Gasteiger partial charge >= 0.3 is 0 Å². The van der Waals surface area contributed by atoms with Crippen molar-refractivity contribution in [3.05, 3.63) is 34.6 Å². The van der Waals surface area contributed by atoms with Crippen LogP contribution in [0.15, 0.2) is 18.2 Å². The second-order valence-corrected chi connectivity index (χ2v) is 5.60. The van der Waals surface area contributed by atoms with Crippen molar-refractivity contribution >= 4 is 28.8 Å². The Morgan fingerprint density at radius 2 is 2.22 bits per heavy atom. The van der Waals surface area contributed by atoms with Crippen LogP contribution in [0, 0.1) is 5.82 Å². The predicted molar refractivity (Wildman–Crippen MR) is 76.2 cm³/mol. The van der Waals surface area contributed by atoms with Crippen LogP contribution < -0.4 is 5.73 Å². The van der Waals surface area contributed by atoms with Crippen molar-refractivity contribution in [1.29, 1.82) is 0 Å². The van der Waals surface area contributed by atoms with Gasteiger partial charge < -0.3 is 5.73 Å². The van der Waals surface area contributed by atoms with Crippen molar-refractivity contribution in [3.63, 3.8) is 0 Å². The van der Waals surface area contributed by atoms with Gasteiger partial charge in [0.15, 0.2) is 0 Å². The molecule has 1 saturated carbocycles. The molecule has 5 heteroatoms. The first-order valence-electron chi connectivity index (χ1n) is 6.02. The average Bonchev–Trinajstić information content (AvgIpc) is 3.13. The number of halogens is 2. The second kappa shape index (κ2) is 5.95. The van der Waals surface area contributed by atoms with Crippen LogP contribution in [0.2, 0.25) is 5.02 Å². The highest BCUT2D eigenvalue weighted by Crippen LogP contribution is 2.29. The minimum Gasteiger partial charge on any atom is -0.393 e. The minimum atomic E-state index is -0.374. The first-order valence-corrected chi connectivity index (χ1v) is 6.81. The van der Waals surface area contributed by atoms with Crippen LogP contribution in [0.3, 0.4) is 0 Å². The van der Waals surface area contributed by atoms with Crippen molar-refractivity contribution in [3.8, 4) is 0 Å².